The third-order valence-corrected chi connectivity index (χ3v) is 4.46. The van der Waals surface area contributed by atoms with E-state index in [2.05, 4.69) is 11.8 Å². The molecular weight excluding hydrogens is 186 g/mol. The highest BCUT2D eigenvalue weighted by atomic mass is 16.1. The van der Waals surface area contributed by atoms with Crippen molar-refractivity contribution in [3.8, 4) is 0 Å². The lowest BCUT2D eigenvalue weighted by Gasteiger charge is -2.44. The number of nitrogens with zero attached hydrogens (tertiary/aromatic N) is 1. The van der Waals surface area contributed by atoms with E-state index in [4.69, 9.17) is 0 Å². The van der Waals surface area contributed by atoms with Crippen LogP contribution in [0.1, 0.15) is 46.0 Å². The molecule has 0 spiro atoms. The van der Waals surface area contributed by atoms with Gasteiger partial charge in [-0.1, -0.05) is 13.3 Å². The van der Waals surface area contributed by atoms with Gasteiger partial charge in [-0.05, 0) is 51.6 Å². The van der Waals surface area contributed by atoms with Crippen molar-refractivity contribution in [2.24, 2.45) is 11.3 Å². The number of Topliss-reactive ketones (excluding diaryl/α,β-unsaturated/α-hetero) is 1. The number of ketones is 1. The lowest BCUT2D eigenvalue weighted by molar-refractivity contribution is -0.133. The minimum absolute atomic E-state index is 0.0561. The van der Waals surface area contributed by atoms with Crippen LogP contribution in [0.4, 0.5) is 0 Å². The highest BCUT2D eigenvalue weighted by molar-refractivity contribution is 5.83. The smallest absolute Gasteiger partial charge is 0.137 e. The fraction of sp³-hybridized carbons (Fsp3) is 0.923. The lowest BCUT2D eigenvalue weighted by Crippen LogP contribution is -2.48. The SMILES string of the molecule is CC(=O)C1(CN2CCC(C)CC2)CCC1. The van der Waals surface area contributed by atoms with Gasteiger partial charge in [-0.2, -0.15) is 0 Å². The van der Waals surface area contributed by atoms with Crippen molar-refractivity contribution >= 4 is 5.78 Å². The highest BCUT2D eigenvalue weighted by Crippen LogP contribution is 2.42. The average molecular weight is 209 g/mol. The van der Waals surface area contributed by atoms with Crippen LogP contribution >= 0.6 is 0 Å². The largest absolute Gasteiger partial charge is 0.302 e. The van der Waals surface area contributed by atoms with Gasteiger partial charge in [-0.25, -0.2) is 0 Å². The van der Waals surface area contributed by atoms with Gasteiger partial charge in [-0.15, -0.1) is 0 Å². The molecule has 0 amide bonds. The Hall–Kier alpha value is -0.370. The lowest BCUT2D eigenvalue weighted by atomic mass is 9.66. The molecule has 2 heteroatoms. The molecular formula is C13H23NO. The molecule has 1 aliphatic carbocycles. The van der Waals surface area contributed by atoms with Gasteiger partial charge in [0.15, 0.2) is 0 Å². The van der Waals surface area contributed by atoms with Crippen LogP contribution in [0, 0.1) is 11.3 Å². The third kappa shape index (κ3) is 2.25. The molecule has 0 aromatic rings. The summed E-state index contributed by atoms with van der Waals surface area (Å²) in [6.07, 6.45) is 6.15. The summed E-state index contributed by atoms with van der Waals surface area (Å²) >= 11 is 0. The maximum absolute atomic E-state index is 11.7. The molecule has 0 unspecified atom stereocenters. The second-order valence-electron chi connectivity index (χ2n) is 5.65. The van der Waals surface area contributed by atoms with E-state index in [1.165, 1.54) is 32.4 Å². The van der Waals surface area contributed by atoms with Crippen molar-refractivity contribution in [3.63, 3.8) is 0 Å². The van der Waals surface area contributed by atoms with Crippen LogP contribution in [0.2, 0.25) is 0 Å². The number of hydrogen-bond acceptors (Lipinski definition) is 2. The van der Waals surface area contributed by atoms with Crippen LogP contribution in [-0.2, 0) is 4.79 Å². The van der Waals surface area contributed by atoms with E-state index in [-0.39, 0.29) is 5.41 Å². The Bertz CT molecular complexity index is 237. The fourth-order valence-electron chi connectivity index (χ4n) is 2.87. The molecule has 1 saturated carbocycles. The number of piperidine rings is 1. The zero-order valence-corrected chi connectivity index (χ0v) is 10.1. The van der Waals surface area contributed by atoms with Gasteiger partial charge in [0.05, 0.1) is 0 Å². The molecule has 1 saturated heterocycles. The second kappa shape index (κ2) is 4.25. The number of carbonyl (C=O) groups is 1. The topological polar surface area (TPSA) is 20.3 Å². The summed E-state index contributed by atoms with van der Waals surface area (Å²) in [7, 11) is 0. The van der Waals surface area contributed by atoms with Gasteiger partial charge in [0.1, 0.15) is 5.78 Å². The monoisotopic (exact) mass is 209 g/mol. The van der Waals surface area contributed by atoms with E-state index >= 15 is 0 Å². The van der Waals surface area contributed by atoms with Crippen molar-refractivity contribution < 1.29 is 4.79 Å². The van der Waals surface area contributed by atoms with Gasteiger partial charge in [-0.3, -0.25) is 4.79 Å². The van der Waals surface area contributed by atoms with E-state index in [1.54, 1.807) is 6.92 Å². The first-order valence-corrected chi connectivity index (χ1v) is 6.36. The Balaban J connectivity index is 1.88. The Morgan fingerprint density at radius 3 is 2.33 bits per heavy atom. The number of rotatable bonds is 3. The quantitative estimate of drug-likeness (QED) is 0.711. The van der Waals surface area contributed by atoms with Gasteiger partial charge in [0.2, 0.25) is 0 Å². The van der Waals surface area contributed by atoms with E-state index in [0.29, 0.717) is 5.78 Å². The van der Waals surface area contributed by atoms with Crippen LogP contribution in [-0.4, -0.2) is 30.3 Å². The normalized spacial score (nSPS) is 27.3. The minimum Gasteiger partial charge on any atom is -0.302 e. The zero-order valence-electron chi connectivity index (χ0n) is 10.1. The van der Waals surface area contributed by atoms with Gasteiger partial charge in [0, 0.05) is 12.0 Å². The molecule has 0 bridgehead atoms. The second-order valence-corrected chi connectivity index (χ2v) is 5.65. The van der Waals surface area contributed by atoms with Crippen molar-refractivity contribution in [1.29, 1.82) is 0 Å². The summed E-state index contributed by atoms with van der Waals surface area (Å²) in [6.45, 7) is 7.56. The van der Waals surface area contributed by atoms with Gasteiger partial charge < -0.3 is 4.90 Å². The molecule has 15 heavy (non-hydrogen) atoms. The van der Waals surface area contributed by atoms with Gasteiger partial charge in [0.25, 0.3) is 0 Å². The van der Waals surface area contributed by atoms with Crippen molar-refractivity contribution in [2.75, 3.05) is 19.6 Å². The maximum atomic E-state index is 11.7. The molecule has 0 atom stereocenters. The Morgan fingerprint density at radius 1 is 1.33 bits per heavy atom. The van der Waals surface area contributed by atoms with Crippen LogP contribution in [0.3, 0.4) is 0 Å². The number of likely N-dealkylation sites (tertiary alicyclic amines) is 1. The van der Waals surface area contributed by atoms with E-state index < -0.39 is 0 Å². The van der Waals surface area contributed by atoms with E-state index in [9.17, 15) is 4.79 Å². The van der Waals surface area contributed by atoms with E-state index in [1.807, 2.05) is 0 Å². The van der Waals surface area contributed by atoms with Gasteiger partial charge >= 0.3 is 0 Å². The predicted molar refractivity (Wildman–Crippen MR) is 61.8 cm³/mol. The number of carbonyl (C=O) groups excluding carboxylic acids is 1. The van der Waals surface area contributed by atoms with Crippen molar-refractivity contribution in [2.45, 2.75) is 46.0 Å². The summed E-state index contributed by atoms with van der Waals surface area (Å²) in [5, 5.41) is 0. The summed E-state index contributed by atoms with van der Waals surface area (Å²) in [6, 6.07) is 0. The minimum atomic E-state index is 0.0561. The molecule has 2 rings (SSSR count). The molecule has 2 fully saturated rings. The Labute approximate surface area is 93.0 Å². The third-order valence-electron chi connectivity index (χ3n) is 4.46. The summed E-state index contributed by atoms with van der Waals surface area (Å²) in [5.74, 6) is 1.31. The molecule has 2 nitrogen and oxygen atoms in total. The summed E-state index contributed by atoms with van der Waals surface area (Å²) < 4.78 is 0. The molecule has 1 aliphatic heterocycles. The summed E-state index contributed by atoms with van der Waals surface area (Å²) in [5.41, 5.74) is 0.0561. The highest BCUT2D eigenvalue weighted by Gasteiger charge is 2.42. The molecule has 0 aromatic carbocycles. The standard InChI is InChI=1S/C13H23NO/c1-11-4-8-14(9-5-11)10-13(12(2)15)6-3-7-13/h11H,3-10H2,1-2H3. The first-order chi connectivity index (χ1) is 7.12. The van der Waals surface area contributed by atoms with Crippen LogP contribution in [0.15, 0.2) is 0 Å². The predicted octanol–water partition coefficient (Wildman–Crippen LogP) is 2.48. The Kier molecular flexibility index (Phi) is 3.15. The average Bonchev–Trinajstić information content (AvgIpc) is 2.13. The summed E-state index contributed by atoms with van der Waals surface area (Å²) in [4.78, 5) is 14.2. The fourth-order valence-corrected chi connectivity index (χ4v) is 2.87. The van der Waals surface area contributed by atoms with E-state index in [0.717, 1.165) is 25.3 Å². The molecule has 0 radical (unpaired) electrons. The first kappa shape index (κ1) is 11.1. The maximum Gasteiger partial charge on any atom is 0.137 e. The van der Waals surface area contributed by atoms with Crippen LogP contribution < -0.4 is 0 Å². The van der Waals surface area contributed by atoms with Crippen molar-refractivity contribution in [3.05, 3.63) is 0 Å². The molecule has 2 aliphatic rings. The molecule has 86 valence electrons. The van der Waals surface area contributed by atoms with Crippen molar-refractivity contribution in [1.82, 2.24) is 4.90 Å². The van der Waals surface area contributed by atoms with Crippen LogP contribution in [0.5, 0.6) is 0 Å². The number of hydrogen-bond donors (Lipinski definition) is 0. The first-order valence-electron chi connectivity index (χ1n) is 6.36. The molecule has 0 N–H and O–H groups in total. The molecule has 1 heterocycles. The molecule has 0 aromatic heterocycles. The van der Waals surface area contributed by atoms with Crippen LogP contribution in [0.25, 0.3) is 0 Å². The Morgan fingerprint density at radius 2 is 1.93 bits per heavy atom. The zero-order chi connectivity index (χ0) is 10.9.